The summed E-state index contributed by atoms with van der Waals surface area (Å²) in [5.41, 5.74) is 9.55. The molecular weight excluding hydrogens is 380 g/mol. The van der Waals surface area contributed by atoms with Gasteiger partial charge in [0.15, 0.2) is 6.61 Å². The van der Waals surface area contributed by atoms with E-state index in [1.165, 1.54) is 0 Å². The fourth-order valence-electron chi connectivity index (χ4n) is 1.81. The molecule has 24 heavy (non-hydrogen) atoms. The van der Waals surface area contributed by atoms with Crippen LogP contribution in [0.1, 0.15) is 20.3 Å². The SMILES string of the molecule is CC[C@@H](C)[C@H](NC(N)=O)C(=O)NNC(=O)COc1cccc(Br)c1. The van der Waals surface area contributed by atoms with Crippen LogP contribution in [0.4, 0.5) is 4.79 Å². The van der Waals surface area contributed by atoms with Crippen molar-refractivity contribution in [3.8, 4) is 5.75 Å². The number of amides is 4. The molecule has 5 N–H and O–H groups in total. The second-order valence-electron chi connectivity index (χ2n) is 5.16. The lowest BCUT2D eigenvalue weighted by molar-refractivity contribution is -0.131. The monoisotopic (exact) mass is 400 g/mol. The van der Waals surface area contributed by atoms with Gasteiger partial charge in [-0.25, -0.2) is 4.79 Å². The summed E-state index contributed by atoms with van der Waals surface area (Å²) in [6, 6.07) is 5.37. The minimum Gasteiger partial charge on any atom is -0.484 e. The number of primary amides is 1. The van der Waals surface area contributed by atoms with Crippen LogP contribution in [0.2, 0.25) is 0 Å². The summed E-state index contributed by atoms with van der Waals surface area (Å²) in [4.78, 5) is 34.8. The van der Waals surface area contributed by atoms with Gasteiger partial charge in [-0.2, -0.15) is 0 Å². The first-order chi connectivity index (χ1) is 11.3. The van der Waals surface area contributed by atoms with Crippen molar-refractivity contribution < 1.29 is 19.1 Å². The molecule has 8 nitrogen and oxygen atoms in total. The molecule has 0 aromatic heterocycles. The highest BCUT2D eigenvalue weighted by atomic mass is 79.9. The Morgan fingerprint density at radius 2 is 2.00 bits per heavy atom. The first-order valence-corrected chi connectivity index (χ1v) is 8.15. The third-order valence-corrected chi connectivity index (χ3v) is 3.78. The molecule has 132 valence electrons. The molecular formula is C15H21BrN4O4. The van der Waals surface area contributed by atoms with E-state index < -0.39 is 23.9 Å². The van der Waals surface area contributed by atoms with Crippen LogP contribution in [0.5, 0.6) is 5.75 Å². The smallest absolute Gasteiger partial charge is 0.312 e. The van der Waals surface area contributed by atoms with Gasteiger partial charge in [-0.15, -0.1) is 0 Å². The Balaban J connectivity index is 2.46. The van der Waals surface area contributed by atoms with Gasteiger partial charge < -0.3 is 15.8 Å². The lowest BCUT2D eigenvalue weighted by atomic mass is 9.99. The normalized spacial score (nSPS) is 12.6. The van der Waals surface area contributed by atoms with Crippen molar-refractivity contribution in [3.63, 3.8) is 0 Å². The molecule has 0 radical (unpaired) electrons. The molecule has 4 amide bonds. The second-order valence-corrected chi connectivity index (χ2v) is 6.07. The van der Waals surface area contributed by atoms with Gasteiger partial charge in [0.2, 0.25) is 0 Å². The van der Waals surface area contributed by atoms with Crippen LogP contribution in [0.15, 0.2) is 28.7 Å². The summed E-state index contributed by atoms with van der Waals surface area (Å²) in [5, 5.41) is 2.36. The van der Waals surface area contributed by atoms with Gasteiger partial charge in [-0.1, -0.05) is 42.3 Å². The number of carbonyl (C=O) groups excluding carboxylic acids is 3. The van der Waals surface area contributed by atoms with E-state index >= 15 is 0 Å². The van der Waals surface area contributed by atoms with E-state index in [1.54, 1.807) is 25.1 Å². The minimum atomic E-state index is -0.834. The first kappa shape index (κ1) is 19.8. The number of hydrazine groups is 1. The second kappa shape index (κ2) is 9.76. The van der Waals surface area contributed by atoms with Crippen LogP contribution in [0.25, 0.3) is 0 Å². The summed E-state index contributed by atoms with van der Waals surface area (Å²) in [5.74, 6) is -0.727. The summed E-state index contributed by atoms with van der Waals surface area (Å²) in [7, 11) is 0. The van der Waals surface area contributed by atoms with Crippen LogP contribution in [0, 0.1) is 5.92 Å². The van der Waals surface area contributed by atoms with Crippen molar-refractivity contribution >= 4 is 33.8 Å². The molecule has 0 fully saturated rings. The van der Waals surface area contributed by atoms with E-state index in [4.69, 9.17) is 10.5 Å². The first-order valence-electron chi connectivity index (χ1n) is 7.36. The third kappa shape index (κ3) is 6.86. The number of rotatable bonds is 7. The zero-order chi connectivity index (χ0) is 18.1. The Labute approximate surface area is 148 Å². The Morgan fingerprint density at radius 1 is 1.29 bits per heavy atom. The maximum atomic E-state index is 12.1. The number of hydrogen-bond acceptors (Lipinski definition) is 4. The zero-order valence-corrected chi connectivity index (χ0v) is 15.1. The van der Waals surface area contributed by atoms with Gasteiger partial charge in [0.25, 0.3) is 11.8 Å². The fraction of sp³-hybridized carbons (Fsp3) is 0.400. The van der Waals surface area contributed by atoms with Crippen LogP contribution < -0.4 is 26.6 Å². The van der Waals surface area contributed by atoms with Crippen LogP contribution >= 0.6 is 15.9 Å². The number of nitrogens with one attached hydrogen (secondary N) is 3. The van der Waals surface area contributed by atoms with E-state index in [9.17, 15) is 14.4 Å². The average Bonchev–Trinajstić information content (AvgIpc) is 2.54. The quantitative estimate of drug-likeness (QED) is 0.510. The predicted molar refractivity (Wildman–Crippen MR) is 91.9 cm³/mol. The van der Waals surface area contributed by atoms with Gasteiger partial charge >= 0.3 is 6.03 Å². The summed E-state index contributed by atoms with van der Waals surface area (Å²) in [6.45, 7) is 3.39. The largest absolute Gasteiger partial charge is 0.484 e. The maximum absolute atomic E-state index is 12.1. The topological polar surface area (TPSA) is 123 Å². The van der Waals surface area contributed by atoms with Crippen molar-refractivity contribution in [1.82, 2.24) is 16.2 Å². The van der Waals surface area contributed by atoms with Crippen molar-refractivity contribution in [1.29, 1.82) is 0 Å². The zero-order valence-electron chi connectivity index (χ0n) is 13.5. The number of hydrogen-bond donors (Lipinski definition) is 4. The number of benzene rings is 1. The predicted octanol–water partition coefficient (Wildman–Crippen LogP) is 1.06. The van der Waals surface area contributed by atoms with Gasteiger partial charge in [-0.05, 0) is 24.1 Å². The highest BCUT2D eigenvalue weighted by Crippen LogP contribution is 2.17. The molecule has 0 aliphatic rings. The molecule has 1 rings (SSSR count). The molecule has 2 atom stereocenters. The van der Waals surface area contributed by atoms with Crippen molar-refractivity contribution in [2.24, 2.45) is 11.7 Å². The van der Waals surface area contributed by atoms with Crippen molar-refractivity contribution in [2.75, 3.05) is 6.61 Å². The summed E-state index contributed by atoms with van der Waals surface area (Å²) >= 11 is 3.29. The van der Waals surface area contributed by atoms with E-state index in [-0.39, 0.29) is 12.5 Å². The number of halogens is 1. The van der Waals surface area contributed by atoms with Gasteiger partial charge in [0, 0.05) is 4.47 Å². The average molecular weight is 401 g/mol. The third-order valence-electron chi connectivity index (χ3n) is 3.28. The fourth-order valence-corrected chi connectivity index (χ4v) is 2.18. The molecule has 1 aromatic carbocycles. The number of urea groups is 1. The Kier molecular flexibility index (Phi) is 8.03. The van der Waals surface area contributed by atoms with Crippen molar-refractivity contribution in [2.45, 2.75) is 26.3 Å². The number of nitrogens with two attached hydrogens (primary N) is 1. The standard InChI is InChI=1S/C15H21BrN4O4/c1-3-9(2)13(18-15(17)23)14(22)20-19-12(21)8-24-11-6-4-5-10(16)7-11/h4-7,9,13H,3,8H2,1-2H3,(H,19,21)(H,20,22)(H3,17,18,23)/t9-,13+/m1/s1. The van der Waals surface area contributed by atoms with Crippen LogP contribution in [-0.4, -0.2) is 30.5 Å². The summed E-state index contributed by atoms with van der Waals surface area (Å²) < 4.78 is 6.11. The molecule has 0 bridgehead atoms. The van der Waals surface area contributed by atoms with Crippen LogP contribution in [0.3, 0.4) is 0 Å². The molecule has 0 aliphatic heterocycles. The Morgan fingerprint density at radius 3 is 2.58 bits per heavy atom. The lowest BCUT2D eigenvalue weighted by Crippen LogP contribution is -2.56. The highest BCUT2D eigenvalue weighted by molar-refractivity contribution is 9.10. The Bertz CT molecular complexity index is 597. The van der Waals surface area contributed by atoms with Gasteiger partial charge in [0.1, 0.15) is 11.8 Å². The van der Waals surface area contributed by atoms with Crippen LogP contribution in [-0.2, 0) is 9.59 Å². The molecule has 0 heterocycles. The highest BCUT2D eigenvalue weighted by Gasteiger charge is 2.25. The number of ether oxygens (including phenoxy) is 1. The molecule has 0 aliphatic carbocycles. The molecule has 1 aromatic rings. The lowest BCUT2D eigenvalue weighted by Gasteiger charge is -2.22. The molecule has 0 spiro atoms. The number of carbonyl (C=O) groups is 3. The van der Waals surface area contributed by atoms with E-state index in [1.807, 2.05) is 13.0 Å². The molecule has 9 heteroatoms. The molecule has 0 saturated carbocycles. The minimum absolute atomic E-state index is 0.146. The molecule has 0 saturated heterocycles. The van der Waals surface area contributed by atoms with Crippen molar-refractivity contribution in [3.05, 3.63) is 28.7 Å². The molecule has 0 unspecified atom stereocenters. The van der Waals surface area contributed by atoms with Gasteiger partial charge in [0.05, 0.1) is 0 Å². The maximum Gasteiger partial charge on any atom is 0.312 e. The van der Waals surface area contributed by atoms with Gasteiger partial charge in [-0.3, -0.25) is 20.4 Å². The van der Waals surface area contributed by atoms with E-state index in [0.717, 1.165) is 4.47 Å². The Hall–Kier alpha value is -2.29. The van der Waals surface area contributed by atoms with E-state index in [2.05, 4.69) is 32.1 Å². The summed E-state index contributed by atoms with van der Waals surface area (Å²) in [6.07, 6.45) is 0.651. The van der Waals surface area contributed by atoms with E-state index in [0.29, 0.717) is 12.2 Å².